The zero-order valence-corrected chi connectivity index (χ0v) is 14.4. The molecule has 19 heavy (non-hydrogen) atoms. The number of hydrogen-bond donors (Lipinski definition) is 0. The van der Waals surface area contributed by atoms with Gasteiger partial charge < -0.3 is 17.0 Å². The third-order valence-electron chi connectivity index (χ3n) is 3.59. The number of imidazole rings is 1. The summed E-state index contributed by atoms with van der Waals surface area (Å²) in [5.74, 6) is 0. The fourth-order valence-corrected chi connectivity index (χ4v) is 2.42. The van der Waals surface area contributed by atoms with Crippen LogP contribution in [0.15, 0.2) is 18.7 Å². The van der Waals surface area contributed by atoms with Crippen LogP contribution in [0.1, 0.15) is 71.1 Å². The van der Waals surface area contributed by atoms with Gasteiger partial charge in [-0.2, -0.15) is 0 Å². The largest absolute Gasteiger partial charge is 1.00 e. The molecule has 1 aromatic rings. The predicted molar refractivity (Wildman–Crippen MR) is 77.5 cm³/mol. The molecule has 0 unspecified atom stereocenters. The lowest BCUT2D eigenvalue weighted by Crippen LogP contribution is -3.00. The van der Waals surface area contributed by atoms with Crippen molar-refractivity contribution in [2.75, 3.05) is 0 Å². The van der Waals surface area contributed by atoms with E-state index in [1.54, 1.807) is 0 Å². The molecular formula is C16H31BrN2. The standard InChI is InChI=1S/C16H31N2.BrH/c1-3-4-5-6-7-8-9-10-11-12-13-18-15-14-17(2)16-18;/h14-16H,3-13H2,1-2H3;1H/q+1;/p-1. The fourth-order valence-electron chi connectivity index (χ4n) is 2.42. The minimum absolute atomic E-state index is 0. The molecule has 0 radical (unpaired) electrons. The Labute approximate surface area is 130 Å². The SMILES string of the molecule is CCCCCCCCCCCCn1cc[n+](C)c1.[Br-]. The minimum atomic E-state index is 0. The maximum Gasteiger partial charge on any atom is 0.243 e. The number of hydrogen-bond acceptors (Lipinski definition) is 0. The smallest absolute Gasteiger partial charge is 0.243 e. The van der Waals surface area contributed by atoms with Crippen LogP contribution in [0, 0.1) is 0 Å². The van der Waals surface area contributed by atoms with Gasteiger partial charge >= 0.3 is 0 Å². The summed E-state index contributed by atoms with van der Waals surface area (Å²) in [7, 11) is 2.08. The molecule has 0 bridgehead atoms. The van der Waals surface area contributed by atoms with E-state index in [0.29, 0.717) is 0 Å². The van der Waals surface area contributed by atoms with Gasteiger partial charge in [0.2, 0.25) is 6.33 Å². The molecule has 112 valence electrons. The molecule has 2 nitrogen and oxygen atoms in total. The monoisotopic (exact) mass is 330 g/mol. The van der Waals surface area contributed by atoms with Crippen molar-refractivity contribution in [1.82, 2.24) is 4.57 Å². The third kappa shape index (κ3) is 10.2. The molecule has 0 aromatic carbocycles. The molecular weight excluding hydrogens is 300 g/mol. The van der Waals surface area contributed by atoms with E-state index in [4.69, 9.17) is 0 Å². The molecule has 1 rings (SSSR count). The van der Waals surface area contributed by atoms with Crippen LogP contribution in [-0.4, -0.2) is 4.57 Å². The van der Waals surface area contributed by atoms with Crippen molar-refractivity contribution >= 4 is 0 Å². The number of halogens is 1. The molecule has 0 saturated carbocycles. The van der Waals surface area contributed by atoms with E-state index in [2.05, 4.69) is 41.8 Å². The number of aromatic nitrogens is 2. The molecule has 0 spiro atoms. The minimum Gasteiger partial charge on any atom is -1.00 e. The van der Waals surface area contributed by atoms with Gasteiger partial charge in [0.15, 0.2) is 0 Å². The number of nitrogens with zero attached hydrogens (tertiary/aromatic N) is 2. The third-order valence-corrected chi connectivity index (χ3v) is 3.59. The molecule has 0 atom stereocenters. The van der Waals surface area contributed by atoms with Crippen LogP contribution in [0.3, 0.4) is 0 Å². The van der Waals surface area contributed by atoms with Crippen molar-refractivity contribution in [2.24, 2.45) is 7.05 Å². The van der Waals surface area contributed by atoms with E-state index in [1.807, 2.05) is 0 Å². The molecule has 0 aliphatic carbocycles. The lowest BCUT2D eigenvalue weighted by atomic mass is 10.1. The summed E-state index contributed by atoms with van der Waals surface area (Å²) < 4.78 is 4.39. The first-order chi connectivity index (χ1) is 8.83. The van der Waals surface area contributed by atoms with Gasteiger partial charge in [0.25, 0.3) is 0 Å². The Morgan fingerprint density at radius 3 is 1.84 bits per heavy atom. The summed E-state index contributed by atoms with van der Waals surface area (Å²) in [5, 5.41) is 0. The number of rotatable bonds is 11. The molecule has 0 N–H and O–H groups in total. The van der Waals surface area contributed by atoms with Crippen molar-refractivity contribution in [3.8, 4) is 0 Å². The van der Waals surface area contributed by atoms with Gasteiger partial charge in [-0.25, -0.2) is 9.13 Å². The lowest BCUT2D eigenvalue weighted by molar-refractivity contribution is -0.671. The first-order valence-electron chi connectivity index (χ1n) is 7.84. The molecule has 0 aliphatic heterocycles. The summed E-state index contributed by atoms with van der Waals surface area (Å²) in [6.07, 6.45) is 20.6. The van der Waals surface area contributed by atoms with Gasteiger partial charge in [0, 0.05) is 0 Å². The Bertz CT molecular complexity index is 297. The highest BCUT2D eigenvalue weighted by molar-refractivity contribution is 4.65. The first kappa shape index (κ1) is 18.7. The highest BCUT2D eigenvalue weighted by Crippen LogP contribution is 2.10. The molecule has 1 aromatic heterocycles. The molecule has 3 heteroatoms. The predicted octanol–water partition coefficient (Wildman–Crippen LogP) is 1.24. The first-order valence-corrected chi connectivity index (χ1v) is 7.84. The number of unbranched alkanes of at least 4 members (excludes halogenated alkanes) is 9. The average molecular weight is 331 g/mol. The van der Waals surface area contributed by atoms with Gasteiger partial charge in [0.05, 0.1) is 13.6 Å². The maximum absolute atomic E-state index is 2.28. The summed E-state index contributed by atoms with van der Waals surface area (Å²) >= 11 is 0. The topological polar surface area (TPSA) is 8.81 Å². The Morgan fingerprint density at radius 1 is 0.842 bits per heavy atom. The van der Waals surface area contributed by atoms with Crippen LogP contribution in [0.4, 0.5) is 0 Å². The van der Waals surface area contributed by atoms with E-state index in [1.165, 1.54) is 70.8 Å². The maximum atomic E-state index is 2.28. The van der Waals surface area contributed by atoms with Gasteiger partial charge in [-0.05, 0) is 12.8 Å². The van der Waals surface area contributed by atoms with Crippen molar-refractivity contribution in [2.45, 2.75) is 77.7 Å². The van der Waals surface area contributed by atoms with E-state index >= 15 is 0 Å². The summed E-state index contributed by atoms with van der Waals surface area (Å²) in [4.78, 5) is 0. The van der Waals surface area contributed by atoms with Crippen molar-refractivity contribution in [3.05, 3.63) is 18.7 Å². The van der Waals surface area contributed by atoms with Gasteiger partial charge in [-0.1, -0.05) is 58.3 Å². The van der Waals surface area contributed by atoms with Crippen LogP contribution < -0.4 is 21.5 Å². The summed E-state index contributed by atoms with van der Waals surface area (Å²) in [6.45, 7) is 3.46. The Hall–Kier alpha value is -0.310. The summed E-state index contributed by atoms with van der Waals surface area (Å²) in [6, 6.07) is 0. The second kappa shape index (κ2) is 12.7. The second-order valence-corrected chi connectivity index (χ2v) is 5.50. The van der Waals surface area contributed by atoms with Gasteiger partial charge in [-0.3, -0.25) is 0 Å². The highest BCUT2D eigenvalue weighted by Gasteiger charge is 1.99. The lowest BCUT2D eigenvalue weighted by Gasteiger charge is -2.01. The quantitative estimate of drug-likeness (QED) is 0.426. The highest BCUT2D eigenvalue weighted by atomic mass is 79.9. The van der Waals surface area contributed by atoms with Crippen LogP contribution in [-0.2, 0) is 13.6 Å². The van der Waals surface area contributed by atoms with E-state index in [9.17, 15) is 0 Å². The van der Waals surface area contributed by atoms with Crippen LogP contribution in [0.25, 0.3) is 0 Å². The Morgan fingerprint density at radius 2 is 1.37 bits per heavy atom. The molecule has 1 heterocycles. The van der Waals surface area contributed by atoms with Crippen molar-refractivity contribution in [1.29, 1.82) is 0 Å². The normalized spacial score (nSPS) is 10.4. The van der Waals surface area contributed by atoms with Crippen LogP contribution in [0.5, 0.6) is 0 Å². The van der Waals surface area contributed by atoms with Gasteiger partial charge in [-0.15, -0.1) is 0 Å². The Balaban J connectivity index is 0.00000324. The molecule has 0 amide bonds. The fraction of sp³-hybridized carbons (Fsp3) is 0.812. The molecule has 0 fully saturated rings. The van der Waals surface area contributed by atoms with Crippen LogP contribution >= 0.6 is 0 Å². The van der Waals surface area contributed by atoms with Crippen LogP contribution in [0.2, 0.25) is 0 Å². The van der Waals surface area contributed by atoms with Crippen molar-refractivity contribution < 1.29 is 21.5 Å². The zero-order valence-electron chi connectivity index (χ0n) is 12.8. The Kier molecular flexibility index (Phi) is 12.5. The molecule has 0 aliphatic rings. The summed E-state index contributed by atoms with van der Waals surface area (Å²) in [5.41, 5.74) is 0. The number of aryl methyl sites for hydroxylation is 2. The van der Waals surface area contributed by atoms with E-state index < -0.39 is 0 Å². The van der Waals surface area contributed by atoms with E-state index in [0.717, 1.165) is 0 Å². The van der Waals surface area contributed by atoms with Gasteiger partial charge in [0.1, 0.15) is 12.4 Å². The second-order valence-electron chi connectivity index (χ2n) is 5.50. The zero-order chi connectivity index (χ0) is 13.1. The van der Waals surface area contributed by atoms with E-state index in [-0.39, 0.29) is 17.0 Å². The average Bonchev–Trinajstić information content (AvgIpc) is 2.77. The molecule has 0 saturated heterocycles. The van der Waals surface area contributed by atoms with Crippen molar-refractivity contribution in [3.63, 3.8) is 0 Å².